The first-order valence-electron chi connectivity index (χ1n) is 8.68. The predicted molar refractivity (Wildman–Crippen MR) is 97.8 cm³/mol. The zero-order valence-corrected chi connectivity index (χ0v) is 14.8. The number of aryl methyl sites for hydroxylation is 1. The van der Waals surface area contributed by atoms with E-state index in [1.807, 2.05) is 25.1 Å². The molecule has 1 aliphatic carbocycles. The van der Waals surface area contributed by atoms with Gasteiger partial charge in [-0.15, -0.1) is 0 Å². The van der Waals surface area contributed by atoms with Crippen LogP contribution in [0.5, 0.6) is 5.75 Å². The highest BCUT2D eigenvalue weighted by Crippen LogP contribution is 2.36. The number of carbonyl (C=O) groups excluding carboxylic acids is 1. The minimum atomic E-state index is -0.633. The summed E-state index contributed by atoms with van der Waals surface area (Å²) in [6.45, 7) is 4.03. The van der Waals surface area contributed by atoms with Gasteiger partial charge in [0, 0.05) is 11.4 Å². The molecule has 1 aromatic heterocycles. The highest BCUT2D eigenvalue weighted by molar-refractivity contribution is 5.97. The number of nitrogens with zero attached hydrogens (tertiary/aromatic N) is 1. The Kier molecular flexibility index (Phi) is 6.20. The Balaban J connectivity index is 0.00000225. The van der Waals surface area contributed by atoms with Gasteiger partial charge in [0.15, 0.2) is 6.10 Å². The van der Waals surface area contributed by atoms with E-state index in [0.29, 0.717) is 18.8 Å². The van der Waals surface area contributed by atoms with E-state index in [1.54, 1.807) is 6.92 Å². The van der Waals surface area contributed by atoms with E-state index >= 15 is 0 Å². The van der Waals surface area contributed by atoms with Crippen molar-refractivity contribution in [3.63, 3.8) is 0 Å². The lowest BCUT2D eigenvalue weighted by Crippen LogP contribution is -2.28. The molecule has 0 saturated heterocycles. The first-order valence-corrected chi connectivity index (χ1v) is 8.68. The molecule has 0 bridgehead atoms. The van der Waals surface area contributed by atoms with E-state index in [1.165, 1.54) is 0 Å². The Morgan fingerprint density at radius 3 is 2.76 bits per heavy atom. The third-order valence-electron chi connectivity index (χ3n) is 4.48. The fraction of sp³-hybridized carbons (Fsp3) is 0.474. The molecular weight excluding hydrogens is 320 g/mol. The molecule has 136 valence electrons. The van der Waals surface area contributed by atoms with E-state index in [-0.39, 0.29) is 11.4 Å². The van der Waals surface area contributed by atoms with Gasteiger partial charge in [-0.25, -0.2) is 4.79 Å². The lowest BCUT2D eigenvalue weighted by atomic mass is 9.93. The monoisotopic (exact) mass is 346 g/mol. The molecule has 1 heterocycles. The lowest BCUT2D eigenvalue weighted by molar-refractivity contribution is -0.151. The van der Waals surface area contributed by atoms with Crippen LogP contribution >= 0.6 is 0 Å². The van der Waals surface area contributed by atoms with Crippen LogP contribution in [0.3, 0.4) is 0 Å². The van der Waals surface area contributed by atoms with Crippen LogP contribution in [-0.2, 0) is 22.4 Å². The molecule has 0 fully saturated rings. The molecule has 4 N–H and O–H groups in total. The van der Waals surface area contributed by atoms with E-state index in [0.717, 1.165) is 53.5 Å². The third kappa shape index (κ3) is 3.69. The maximum atomic E-state index is 12.0. The molecule has 1 unspecified atom stereocenters. The van der Waals surface area contributed by atoms with Crippen molar-refractivity contribution in [2.75, 3.05) is 12.3 Å². The molecule has 2 aromatic rings. The van der Waals surface area contributed by atoms with Crippen molar-refractivity contribution in [1.82, 2.24) is 4.98 Å². The van der Waals surface area contributed by atoms with Gasteiger partial charge in [-0.05, 0) is 56.7 Å². The molecule has 6 heteroatoms. The summed E-state index contributed by atoms with van der Waals surface area (Å²) in [5, 5.41) is 0.806. The van der Waals surface area contributed by atoms with Crippen LogP contribution in [0.4, 0.5) is 5.69 Å². The summed E-state index contributed by atoms with van der Waals surface area (Å²) in [6.07, 6.45) is 4.11. The Hall–Kier alpha value is -2.34. The maximum Gasteiger partial charge on any atom is 0.347 e. The number of nitrogen functional groups attached to an aromatic ring is 1. The molecule has 25 heavy (non-hydrogen) atoms. The number of pyridine rings is 1. The number of fused-ring (bicyclic) bond motifs is 2. The van der Waals surface area contributed by atoms with Crippen molar-refractivity contribution in [1.29, 1.82) is 0 Å². The highest BCUT2D eigenvalue weighted by atomic mass is 16.6. The van der Waals surface area contributed by atoms with Crippen molar-refractivity contribution >= 4 is 22.6 Å². The lowest BCUT2D eigenvalue weighted by Gasteiger charge is -2.21. The summed E-state index contributed by atoms with van der Waals surface area (Å²) in [7, 11) is 0. The number of hydrogen-bond acceptors (Lipinski definition) is 5. The summed E-state index contributed by atoms with van der Waals surface area (Å²) in [5.41, 5.74) is 10.3. The standard InChI is InChI=1S/C19H24N2O3.H2O/c1-3-15(19(22)23-4-2)24-16-11-7-10-14-17(16)18(20)12-8-5-6-9-13(12)21-14;/h7,10-11,15H,3-6,8-9H2,1-2H3,(H2,20,21);1H2. The van der Waals surface area contributed by atoms with Crippen molar-refractivity contribution in [2.24, 2.45) is 0 Å². The zero-order valence-electron chi connectivity index (χ0n) is 14.8. The average molecular weight is 346 g/mol. The van der Waals surface area contributed by atoms with Gasteiger partial charge in [-0.1, -0.05) is 13.0 Å². The van der Waals surface area contributed by atoms with E-state index in [9.17, 15) is 4.79 Å². The molecule has 0 amide bonds. The Bertz CT molecular complexity index is 761. The first-order chi connectivity index (χ1) is 11.7. The third-order valence-corrected chi connectivity index (χ3v) is 4.48. The second-order valence-electron chi connectivity index (χ2n) is 6.07. The minimum Gasteiger partial charge on any atom is -0.478 e. The zero-order chi connectivity index (χ0) is 17.1. The molecular formula is C19H26N2O4. The fourth-order valence-electron chi connectivity index (χ4n) is 3.27. The second kappa shape index (κ2) is 8.16. The molecule has 0 spiro atoms. The number of esters is 1. The predicted octanol–water partition coefficient (Wildman–Crippen LogP) is 2.59. The summed E-state index contributed by atoms with van der Waals surface area (Å²) >= 11 is 0. The largest absolute Gasteiger partial charge is 0.478 e. The van der Waals surface area contributed by atoms with Gasteiger partial charge in [0.05, 0.1) is 17.5 Å². The Morgan fingerprint density at radius 1 is 1.28 bits per heavy atom. The van der Waals surface area contributed by atoms with Gasteiger partial charge >= 0.3 is 5.97 Å². The molecule has 0 aliphatic heterocycles. The smallest absolute Gasteiger partial charge is 0.347 e. The summed E-state index contributed by atoms with van der Waals surface area (Å²) in [4.78, 5) is 16.8. The van der Waals surface area contributed by atoms with E-state index < -0.39 is 6.10 Å². The van der Waals surface area contributed by atoms with Gasteiger partial charge in [0.25, 0.3) is 0 Å². The van der Waals surface area contributed by atoms with Gasteiger partial charge in [0.1, 0.15) is 5.75 Å². The molecule has 6 nitrogen and oxygen atoms in total. The number of carbonyl (C=O) groups is 1. The molecule has 1 atom stereocenters. The van der Waals surface area contributed by atoms with Crippen LogP contribution in [0.25, 0.3) is 10.9 Å². The summed E-state index contributed by atoms with van der Waals surface area (Å²) in [6, 6.07) is 5.67. The van der Waals surface area contributed by atoms with Crippen LogP contribution in [-0.4, -0.2) is 29.1 Å². The number of ether oxygens (including phenoxy) is 2. The van der Waals surface area contributed by atoms with Crippen LogP contribution < -0.4 is 10.5 Å². The van der Waals surface area contributed by atoms with Gasteiger partial charge in [-0.2, -0.15) is 0 Å². The number of aromatic nitrogens is 1. The summed E-state index contributed by atoms with van der Waals surface area (Å²) in [5.74, 6) is 0.257. The second-order valence-corrected chi connectivity index (χ2v) is 6.07. The van der Waals surface area contributed by atoms with Crippen LogP contribution in [0, 0.1) is 0 Å². The Morgan fingerprint density at radius 2 is 2.04 bits per heavy atom. The molecule has 0 saturated carbocycles. The van der Waals surface area contributed by atoms with Crippen molar-refractivity contribution in [2.45, 2.75) is 52.1 Å². The number of nitrogens with two attached hydrogens (primary N) is 1. The van der Waals surface area contributed by atoms with Gasteiger partial charge in [0.2, 0.25) is 0 Å². The van der Waals surface area contributed by atoms with Gasteiger partial charge in [-0.3, -0.25) is 4.98 Å². The summed E-state index contributed by atoms with van der Waals surface area (Å²) < 4.78 is 11.1. The van der Waals surface area contributed by atoms with E-state index in [2.05, 4.69) is 0 Å². The van der Waals surface area contributed by atoms with Crippen LogP contribution in [0.1, 0.15) is 44.4 Å². The average Bonchev–Trinajstić information content (AvgIpc) is 2.60. The minimum absolute atomic E-state index is 0. The molecule has 1 aromatic carbocycles. The topological polar surface area (TPSA) is 106 Å². The molecule has 1 aliphatic rings. The molecule has 0 radical (unpaired) electrons. The number of anilines is 1. The number of benzene rings is 1. The number of hydrogen-bond donors (Lipinski definition) is 1. The maximum absolute atomic E-state index is 12.0. The number of rotatable bonds is 5. The van der Waals surface area contributed by atoms with E-state index in [4.69, 9.17) is 20.2 Å². The fourth-order valence-corrected chi connectivity index (χ4v) is 3.27. The SMILES string of the molecule is CCOC(=O)C(CC)Oc1cccc2nc3c(c(N)c12)CCCC3.O. The van der Waals surface area contributed by atoms with Crippen LogP contribution in [0.15, 0.2) is 18.2 Å². The highest BCUT2D eigenvalue weighted by Gasteiger charge is 2.23. The van der Waals surface area contributed by atoms with Crippen molar-refractivity contribution in [3.8, 4) is 5.75 Å². The van der Waals surface area contributed by atoms with Crippen molar-refractivity contribution < 1.29 is 19.7 Å². The normalized spacial score (nSPS) is 14.3. The first kappa shape index (κ1) is 19.0. The van der Waals surface area contributed by atoms with Crippen molar-refractivity contribution in [3.05, 3.63) is 29.5 Å². The quantitative estimate of drug-likeness (QED) is 0.838. The van der Waals surface area contributed by atoms with Crippen LogP contribution in [0.2, 0.25) is 0 Å². The van der Waals surface area contributed by atoms with Gasteiger partial charge < -0.3 is 20.7 Å². The molecule has 3 rings (SSSR count). The Labute approximate surface area is 147 Å².